The fourth-order valence-corrected chi connectivity index (χ4v) is 2.52. The average Bonchev–Trinajstić information content (AvgIpc) is 2.90. The van der Waals surface area contributed by atoms with Crippen molar-refractivity contribution in [1.29, 1.82) is 0 Å². The molecule has 0 unspecified atom stereocenters. The Kier molecular flexibility index (Phi) is 2.41. The molecular formula is C16H11FN4. The molecule has 2 N–H and O–H groups in total. The maximum atomic E-state index is 13.2. The number of fused-ring (bicyclic) bond motifs is 2. The maximum absolute atomic E-state index is 13.2. The fraction of sp³-hybridized carbons (Fsp3) is 0. The third-order valence-corrected chi connectivity index (χ3v) is 3.57. The second kappa shape index (κ2) is 4.28. The van der Waals surface area contributed by atoms with Crippen molar-refractivity contribution < 1.29 is 4.39 Å². The van der Waals surface area contributed by atoms with Crippen molar-refractivity contribution in [1.82, 2.24) is 14.5 Å². The van der Waals surface area contributed by atoms with Crippen molar-refractivity contribution in [2.45, 2.75) is 0 Å². The van der Waals surface area contributed by atoms with Crippen molar-refractivity contribution in [2.75, 3.05) is 5.73 Å². The van der Waals surface area contributed by atoms with Gasteiger partial charge in [-0.25, -0.2) is 9.97 Å². The maximum Gasteiger partial charge on any atom is 0.213 e. The van der Waals surface area contributed by atoms with Gasteiger partial charge >= 0.3 is 0 Å². The van der Waals surface area contributed by atoms with E-state index in [2.05, 4.69) is 9.97 Å². The van der Waals surface area contributed by atoms with Crippen LogP contribution in [0.25, 0.3) is 27.5 Å². The molecule has 0 spiro atoms. The number of nitrogen functional groups attached to an aromatic ring is 1. The first-order valence-corrected chi connectivity index (χ1v) is 6.49. The van der Waals surface area contributed by atoms with Gasteiger partial charge < -0.3 is 5.73 Å². The van der Waals surface area contributed by atoms with Crippen LogP contribution in [0.1, 0.15) is 0 Å². The van der Waals surface area contributed by atoms with Crippen molar-refractivity contribution in [2.24, 2.45) is 0 Å². The van der Waals surface area contributed by atoms with Crippen LogP contribution >= 0.6 is 0 Å². The first kappa shape index (κ1) is 11.8. The topological polar surface area (TPSA) is 56.7 Å². The van der Waals surface area contributed by atoms with Gasteiger partial charge in [-0.05, 0) is 18.2 Å². The minimum atomic E-state index is -0.490. The summed E-state index contributed by atoms with van der Waals surface area (Å²) in [7, 11) is 0. The molecule has 4 nitrogen and oxygen atoms in total. The summed E-state index contributed by atoms with van der Waals surface area (Å²) < 4.78 is 15.0. The number of nitrogens with two attached hydrogens (primary N) is 1. The van der Waals surface area contributed by atoms with E-state index in [1.54, 1.807) is 6.20 Å². The van der Waals surface area contributed by atoms with Crippen LogP contribution in [0.4, 0.5) is 10.1 Å². The Labute approximate surface area is 119 Å². The van der Waals surface area contributed by atoms with Crippen molar-refractivity contribution >= 4 is 27.4 Å². The highest BCUT2D eigenvalue weighted by Gasteiger charge is 2.07. The van der Waals surface area contributed by atoms with Crippen LogP contribution in [0.5, 0.6) is 0 Å². The lowest BCUT2D eigenvalue weighted by Crippen LogP contribution is -1.97. The number of pyridine rings is 2. The van der Waals surface area contributed by atoms with Crippen LogP contribution in [-0.4, -0.2) is 14.5 Å². The molecule has 0 amide bonds. The predicted octanol–water partition coefficient (Wildman–Crippen LogP) is 3.30. The molecule has 0 fully saturated rings. The Bertz CT molecular complexity index is 975. The summed E-state index contributed by atoms with van der Waals surface area (Å²) >= 11 is 0. The van der Waals surface area contributed by atoms with Gasteiger partial charge in [-0.1, -0.05) is 12.1 Å². The van der Waals surface area contributed by atoms with E-state index in [0.29, 0.717) is 5.69 Å². The van der Waals surface area contributed by atoms with Gasteiger partial charge in [0.1, 0.15) is 5.82 Å². The summed E-state index contributed by atoms with van der Waals surface area (Å²) in [6.45, 7) is 0. The van der Waals surface area contributed by atoms with Gasteiger partial charge in [0.05, 0.1) is 11.7 Å². The van der Waals surface area contributed by atoms with Crippen LogP contribution in [0.15, 0.2) is 55.0 Å². The predicted molar refractivity (Wildman–Crippen MR) is 80.7 cm³/mol. The number of benzene rings is 1. The molecule has 0 aliphatic rings. The van der Waals surface area contributed by atoms with Crippen molar-refractivity contribution in [3.63, 3.8) is 0 Å². The molecule has 21 heavy (non-hydrogen) atoms. The molecule has 4 aromatic rings. The van der Waals surface area contributed by atoms with Crippen LogP contribution in [-0.2, 0) is 0 Å². The second-order valence-electron chi connectivity index (χ2n) is 4.86. The third-order valence-electron chi connectivity index (χ3n) is 3.57. The molecule has 0 saturated heterocycles. The second-order valence-corrected chi connectivity index (χ2v) is 4.86. The van der Waals surface area contributed by atoms with Gasteiger partial charge in [-0.15, -0.1) is 0 Å². The summed E-state index contributed by atoms with van der Waals surface area (Å²) in [5, 5.41) is 2.71. The lowest BCUT2D eigenvalue weighted by atomic mass is 10.1. The first-order valence-electron chi connectivity index (χ1n) is 6.49. The zero-order chi connectivity index (χ0) is 14.4. The van der Waals surface area contributed by atoms with Gasteiger partial charge in [-0.2, -0.15) is 4.39 Å². The normalized spacial score (nSPS) is 11.3. The molecule has 102 valence electrons. The molecule has 4 rings (SSSR count). The Balaban J connectivity index is 1.98. The van der Waals surface area contributed by atoms with E-state index < -0.39 is 5.95 Å². The Morgan fingerprint density at radius 2 is 1.90 bits per heavy atom. The average molecular weight is 278 g/mol. The summed E-state index contributed by atoms with van der Waals surface area (Å²) in [4.78, 5) is 8.15. The molecule has 5 heteroatoms. The molecule has 0 aliphatic heterocycles. The highest BCUT2D eigenvalue weighted by atomic mass is 19.1. The van der Waals surface area contributed by atoms with Crippen LogP contribution in [0.2, 0.25) is 0 Å². The number of nitrogens with zero attached hydrogens (tertiary/aromatic N) is 3. The number of halogens is 1. The van der Waals surface area contributed by atoms with Crippen LogP contribution in [0.3, 0.4) is 0 Å². The lowest BCUT2D eigenvalue weighted by molar-refractivity contribution is 0.586. The number of anilines is 1. The molecule has 3 heterocycles. The van der Waals surface area contributed by atoms with E-state index in [0.717, 1.165) is 27.5 Å². The van der Waals surface area contributed by atoms with Crippen LogP contribution < -0.4 is 5.73 Å². The van der Waals surface area contributed by atoms with E-state index in [4.69, 9.17) is 5.73 Å². The largest absolute Gasteiger partial charge is 0.398 e. The smallest absolute Gasteiger partial charge is 0.213 e. The highest BCUT2D eigenvalue weighted by Crippen LogP contribution is 2.24. The van der Waals surface area contributed by atoms with Gasteiger partial charge in [-0.3, -0.25) is 4.57 Å². The van der Waals surface area contributed by atoms with Gasteiger partial charge in [0, 0.05) is 40.3 Å². The Hall–Kier alpha value is -2.95. The molecule has 0 aliphatic carbocycles. The SMILES string of the molecule is Nc1cccc2cnc(-n3ccc4cc(F)ncc43)cc12. The van der Waals surface area contributed by atoms with Crippen molar-refractivity contribution in [3.8, 4) is 5.82 Å². The van der Waals surface area contributed by atoms with E-state index in [1.165, 1.54) is 12.3 Å². The number of rotatable bonds is 1. The molecule has 0 saturated carbocycles. The Morgan fingerprint density at radius 3 is 2.81 bits per heavy atom. The summed E-state index contributed by atoms with van der Waals surface area (Å²) in [5.41, 5.74) is 7.52. The molecular weight excluding hydrogens is 267 g/mol. The van der Waals surface area contributed by atoms with Gasteiger partial charge in [0.25, 0.3) is 0 Å². The quantitative estimate of drug-likeness (QED) is 0.429. The van der Waals surface area contributed by atoms with E-state index in [1.807, 2.05) is 41.1 Å². The lowest BCUT2D eigenvalue weighted by Gasteiger charge is -2.07. The molecule has 1 aromatic carbocycles. The van der Waals surface area contributed by atoms with E-state index in [9.17, 15) is 4.39 Å². The minimum absolute atomic E-state index is 0.490. The molecule has 3 aromatic heterocycles. The first-order chi connectivity index (χ1) is 10.2. The summed E-state index contributed by atoms with van der Waals surface area (Å²) in [6, 6.07) is 10.9. The highest BCUT2D eigenvalue weighted by molar-refractivity contribution is 5.93. The molecule has 0 bridgehead atoms. The fourth-order valence-electron chi connectivity index (χ4n) is 2.52. The van der Waals surface area contributed by atoms with Gasteiger partial charge in [0.2, 0.25) is 5.95 Å². The number of hydrogen-bond acceptors (Lipinski definition) is 3. The van der Waals surface area contributed by atoms with Crippen molar-refractivity contribution in [3.05, 3.63) is 60.9 Å². The molecule has 0 atom stereocenters. The monoisotopic (exact) mass is 278 g/mol. The summed E-state index contributed by atoms with van der Waals surface area (Å²) in [5.74, 6) is 0.236. The van der Waals surface area contributed by atoms with E-state index >= 15 is 0 Å². The zero-order valence-electron chi connectivity index (χ0n) is 11.0. The zero-order valence-corrected chi connectivity index (χ0v) is 11.0. The van der Waals surface area contributed by atoms with E-state index in [-0.39, 0.29) is 0 Å². The third kappa shape index (κ3) is 1.82. The van der Waals surface area contributed by atoms with Gasteiger partial charge in [0.15, 0.2) is 0 Å². The number of aromatic nitrogens is 3. The number of hydrogen-bond donors (Lipinski definition) is 1. The Morgan fingerprint density at radius 1 is 1.00 bits per heavy atom. The molecule has 0 radical (unpaired) electrons. The van der Waals surface area contributed by atoms with Crippen LogP contribution in [0, 0.1) is 5.95 Å². The summed E-state index contributed by atoms with van der Waals surface area (Å²) in [6.07, 6.45) is 5.13. The standard InChI is InChI=1S/C16H11FN4/c17-15-6-10-4-5-21(14(10)9-19-15)16-7-12-11(8-20-16)2-1-3-13(12)18/h1-9H,18H2. The minimum Gasteiger partial charge on any atom is -0.398 e.